The molecule has 1 aliphatic heterocycles. The summed E-state index contributed by atoms with van der Waals surface area (Å²) in [7, 11) is 0. The first-order valence-corrected chi connectivity index (χ1v) is 10.9. The third kappa shape index (κ3) is 5.18. The third-order valence-electron chi connectivity index (χ3n) is 5.24. The van der Waals surface area contributed by atoms with E-state index in [1.54, 1.807) is 30.5 Å². The van der Waals surface area contributed by atoms with E-state index in [4.69, 9.17) is 23.2 Å². The van der Waals surface area contributed by atoms with Crippen molar-refractivity contribution in [3.8, 4) is 5.75 Å². The van der Waals surface area contributed by atoms with Crippen LogP contribution in [-0.4, -0.2) is 52.1 Å². The Morgan fingerprint density at radius 1 is 1.16 bits per heavy atom. The Kier molecular flexibility index (Phi) is 6.75. The van der Waals surface area contributed by atoms with Crippen LogP contribution in [-0.2, 0) is 6.54 Å². The second-order valence-electron chi connectivity index (χ2n) is 7.49. The minimum atomic E-state index is -0.510. The standard InChI is InChI=1S/C22H23Cl2N5O2/c23-15-10-14(11-16(24)12-15)13-27-22(31)19-20(30)18-17(4-3-5-25-18)21(28-19)26-6-9-29-7-1-2-8-29/h3-5,10-12,30H,1-2,6-9,13H2,(H,26,28)(H,27,31). The van der Waals surface area contributed by atoms with Crippen LogP contribution < -0.4 is 10.6 Å². The molecule has 1 saturated heterocycles. The lowest BCUT2D eigenvalue weighted by Crippen LogP contribution is -2.27. The fourth-order valence-electron chi connectivity index (χ4n) is 3.73. The summed E-state index contributed by atoms with van der Waals surface area (Å²) in [5.74, 6) is -0.234. The number of aromatic hydroxyl groups is 1. The number of nitrogens with zero attached hydrogens (tertiary/aromatic N) is 3. The van der Waals surface area contributed by atoms with Crippen LogP contribution in [0.15, 0.2) is 36.5 Å². The number of halogens is 2. The average Bonchev–Trinajstić information content (AvgIpc) is 3.27. The molecule has 1 aromatic carbocycles. The maximum absolute atomic E-state index is 12.8. The lowest BCUT2D eigenvalue weighted by Gasteiger charge is -2.17. The molecule has 0 aliphatic carbocycles. The second kappa shape index (κ2) is 9.68. The highest BCUT2D eigenvalue weighted by molar-refractivity contribution is 6.34. The fraction of sp³-hybridized carbons (Fsp3) is 0.318. The zero-order valence-corrected chi connectivity index (χ0v) is 18.4. The van der Waals surface area contributed by atoms with Gasteiger partial charge in [-0.3, -0.25) is 9.78 Å². The predicted octanol–water partition coefficient (Wildman–Crippen LogP) is 4.08. The molecular formula is C22H23Cl2N5O2. The van der Waals surface area contributed by atoms with Crippen LogP contribution in [0.2, 0.25) is 10.0 Å². The maximum atomic E-state index is 12.8. The molecule has 162 valence electrons. The number of aromatic nitrogens is 2. The van der Waals surface area contributed by atoms with Gasteiger partial charge in [0.2, 0.25) is 0 Å². The van der Waals surface area contributed by atoms with E-state index in [-0.39, 0.29) is 18.0 Å². The number of pyridine rings is 2. The van der Waals surface area contributed by atoms with Crippen molar-refractivity contribution in [2.24, 2.45) is 0 Å². The van der Waals surface area contributed by atoms with Crippen LogP contribution in [0.4, 0.5) is 5.82 Å². The fourth-order valence-corrected chi connectivity index (χ4v) is 4.30. The first-order chi connectivity index (χ1) is 15.0. The molecule has 3 N–H and O–H groups in total. The number of hydrogen-bond donors (Lipinski definition) is 3. The van der Waals surface area contributed by atoms with Gasteiger partial charge in [0.15, 0.2) is 11.4 Å². The van der Waals surface area contributed by atoms with E-state index in [0.29, 0.717) is 33.3 Å². The second-order valence-corrected chi connectivity index (χ2v) is 8.37. The summed E-state index contributed by atoms with van der Waals surface area (Å²) in [6, 6.07) is 8.65. The minimum absolute atomic E-state index is 0.0806. The Hall–Kier alpha value is -2.61. The number of carbonyl (C=O) groups excluding carboxylic acids is 1. The molecule has 7 nitrogen and oxygen atoms in total. The highest BCUT2D eigenvalue weighted by Crippen LogP contribution is 2.30. The summed E-state index contributed by atoms with van der Waals surface area (Å²) in [6.07, 6.45) is 4.03. The SMILES string of the molecule is O=C(NCc1cc(Cl)cc(Cl)c1)c1nc(NCCN2CCCC2)c2cccnc2c1O. The molecule has 31 heavy (non-hydrogen) atoms. The number of carbonyl (C=O) groups is 1. The summed E-state index contributed by atoms with van der Waals surface area (Å²) < 4.78 is 0. The Morgan fingerprint density at radius 3 is 2.65 bits per heavy atom. The van der Waals surface area contributed by atoms with Crippen molar-refractivity contribution in [3.63, 3.8) is 0 Å². The molecule has 3 aromatic rings. The molecule has 0 bridgehead atoms. The lowest BCUT2D eigenvalue weighted by atomic mass is 10.2. The third-order valence-corrected chi connectivity index (χ3v) is 5.68. The first-order valence-electron chi connectivity index (χ1n) is 10.2. The smallest absolute Gasteiger partial charge is 0.274 e. The number of amides is 1. The van der Waals surface area contributed by atoms with Crippen molar-refractivity contribution in [2.45, 2.75) is 19.4 Å². The Balaban J connectivity index is 1.54. The Labute approximate surface area is 190 Å². The molecule has 4 rings (SSSR count). The van der Waals surface area contributed by atoms with Crippen LogP contribution in [0.25, 0.3) is 10.9 Å². The van der Waals surface area contributed by atoms with Gasteiger partial charge in [-0.15, -0.1) is 0 Å². The Morgan fingerprint density at radius 2 is 1.90 bits per heavy atom. The molecule has 2 aromatic heterocycles. The van der Waals surface area contributed by atoms with Gasteiger partial charge >= 0.3 is 0 Å². The summed E-state index contributed by atoms with van der Waals surface area (Å²) in [5, 5.41) is 18.4. The normalized spacial score (nSPS) is 14.1. The molecule has 1 amide bonds. The van der Waals surface area contributed by atoms with Crippen molar-refractivity contribution < 1.29 is 9.90 Å². The zero-order valence-electron chi connectivity index (χ0n) is 16.9. The van der Waals surface area contributed by atoms with Crippen molar-refractivity contribution in [3.05, 3.63) is 57.8 Å². The van der Waals surface area contributed by atoms with Crippen LogP contribution in [0.1, 0.15) is 28.9 Å². The molecule has 3 heterocycles. The van der Waals surface area contributed by atoms with Crippen molar-refractivity contribution >= 4 is 45.8 Å². The number of benzene rings is 1. The van der Waals surface area contributed by atoms with Crippen molar-refractivity contribution in [1.82, 2.24) is 20.2 Å². The Bertz CT molecular complexity index is 1080. The van der Waals surface area contributed by atoms with Gasteiger partial charge in [0, 0.05) is 41.3 Å². The number of hydrogen-bond acceptors (Lipinski definition) is 6. The van der Waals surface area contributed by atoms with Gasteiger partial charge in [-0.25, -0.2) is 4.98 Å². The van der Waals surface area contributed by atoms with Crippen LogP contribution in [0.3, 0.4) is 0 Å². The van der Waals surface area contributed by atoms with E-state index in [1.165, 1.54) is 12.8 Å². The van der Waals surface area contributed by atoms with Crippen LogP contribution in [0, 0.1) is 0 Å². The summed E-state index contributed by atoms with van der Waals surface area (Å²) >= 11 is 12.0. The van der Waals surface area contributed by atoms with Gasteiger partial charge in [-0.1, -0.05) is 23.2 Å². The van der Waals surface area contributed by atoms with Crippen LogP contribution in [0.5, 0.6) is 5.75 Å². The summed E-state index contributed by atoms with van der Waals surface area (Å²) in [4.78, 5) is 23.9. The number of likely N-dealkylation sites (tertiary alicyclic amines) is 1. The monoisotopic (exact) mass is 459 g/mol. The van der Waals surface area contributed by atoms with Crippen molar-refractivity contribution in [1.29, 1.82) is 0 Å². The number of rotatable bonds is 7. The van der Waals surface area contributed by atoms with Gasteiger partial charge in [0.25, 0.3) is 5.91 Å². The number of nitrogens with one attached hydrogen (secondary N) is 2. The maximum Gasteiger partial charge on any atom is 0.274 e. The van der Waals surface area contributed by atoms with E-state index in [9.17, 15) is 9.90 Å². The molecule has 9 heteroatoms. The average molecular weight is 460 g/mol. The summed E-state index contributed by atoms with van der Waals surface area (Å²) in [6.45, 7) is 3.98. The number of anilines is 1. The highest BCUT2D eigenvalue weighted by atomic mass is 35.5. The van der Waals surface area contributed by atoms with Crippen LogP contribution >= 0.6 is 23.2 Å². The van der Waals surface area contributed by atoms with E-state index in [1.807, 2.05) is 6.07 Å². The predicted molar refractivity (Wildman–Crippen MR) is 123 cm³/mol. The summed E-state index contributed by atoms with van der Waals surface area (Å²) in [5.41, 5.74) is 0.994. The minimum Gasteiger partial charge on any atom is -0.504 e. The molecular weight excluding hydrogens is 437 g/mol. The first kappa shape index (κ1) is 21.6. The quantitative estimate of drug-likeness (QED) is 0.493. The largest absolute Gasteiger partial charge is 0.504 e. The van der Waals surface area contributed by atoms with Gasteiger partial charge in [-0.05, 0) is 61.8 Å². The van der Waals surface area contributed by atoms with Gasteiger partial charge in [-0.2, -0.15) is 0 Å². The highest BCUT2D eigenvalue weighted by Gasteiger charge is 2.20. The van der Waals surface area contributed by atoms with E-state index < -0.39 is 5.91 Å². The van der Waals surface area contributed by atoms with Crippen molar-refractivity contribution in [2.75, 3.05) is 31.5 Å². The van der Waals surface area contributed by atoms with E-state index in [0.717, 1.165) is 25.2 Å². The van der Waals surface area contributed by atoms with Gasteiger partial charge in [0.1, 0.15) is 11.3 Å². The lowest BCUT2D eigenvalue weighted by molar-refractivity contribution is 0.0943. The molecule has 0 saturated carbocycles. The van der Waals surface area contributed by atoms with E-state index in [2.05, 4.69) is 25.5 Å². The zero-order chi connectivity index (χ0) is 21.8. The molecule has 0 unspecified atom stereocenters. The molecule has 0 spiro atoms. The topological polar surface area (TPSA) is 90.4 Å². The van der Waals surface area contributed by atoms with Gasteiger partial charge in [0.05, 0.1) is 0 Å². The number of fused-ring (bicyclic) bond motifs is 1. The molecule has 0 radical (unpaired) electrons. The van der Waals surface area contributed by atoms with Gasteiger partial charge < -0.3 is 20.6 Å². The molecule has 0 atom stereocenters. The molecule has 1 fully saturated rings. The van der Waals surface area contributed by atoms with E-state index >= 15 is 0 Å². The molecule has 1 aliphatic rings.